The Hall–Kier alpha value is -2.23. The highest BCUT2D eigenvalue weighted by atomic mass is 16.5. The SMILES string of the molecule is Cc1cc(N2C[C@@]34C=C[C@H](O3)[C@@H](C(=O)NCCN3CCOCC3)[C@@H]4C2=O)no1. The second-order valence-corrected chi connectivity index (χ2v) is 7.87. The van der Waals surface area contributed by atoms with Crippen molar-refractivity contribution in [3.8, 4) is 0 Å². The van der Waals surface area contributed by atoms with Gasteiger partial charge in [-0.15, -0.1) is 0 Å². The normalized spacial score (nSPS) is 34.2. The summed E-state index contributed by atoms with van der Waals surface area (Å²) in [5.74, 6) is -0.189. The van der Waals surface area contributed by atoms with Crippen LogP contribution in [0.25, 0.3) is 0 Å². The number of nitrogens with one attached hydrogen (secondary N) is 1. The van der Waals surface area contributed by atoms with Gasteiger partial charge in [-0.2, -0.15) is 0 Å². The Morgan fingerprint density at radius 3 is 2.96 bits per heavy atom. The Morgan fingerprint density at radius 1 is 1.39 bits per heavy atom. The standard InChI is InChI=1S/C19H24N4O5/c1-12-10-14(21-28-12)23-11-19-3-2-13(27-19)15(16(19)18(23)25)17(24)20-4-5-22-6-8-26-9-7-22/h2-3,10,13,15-16H,4-9,11H2,1H3,(H,20,24)/t13-,15+,16+,19+/m0/s1. The van der Waals surface area contributed by atoms with E-state index in [0.717, 1.165) is 32.8 Å². The quantitative estimate of drug-likeness (QED) is 0.693. The highest BCUT2D eigenvalue weighted by Gasteiger charge is 2.67. The van der Waals surface area contributed by atoms with Gasteiger partial charge in [0.05, 0.1) is 37.7 Å². The molecule has 1 aromatic rings. The molecule has 1 N–H and O–H groups in total. The zero-order chi connectivity index (χ0) is 19.3. The van der Waals surface area contributed by atoms with E-state index in [1.807, 2.05) is 12.2 Å². The fraction of sp³-hybridized carbons (Fsp3) is 0.632. The van der Waals surface area contributed by atoms with E-state index in [4.69, 9.17) is 14.0 Å². The Labute approximate surface area is 162 Å². The summed E-state index contributed by atoms with van der Waals surface area (Å²) < 4.78 is 16.6. The maximum Gasteiger partial charge on any atom is 0.235 e. The number of amides is 2. The highest BCUT2D eigenvalue weighted by molar-refractivity contribution is 6.02. The van der Waals surface area contributed by atoms with Crippen LogP contribution in [-0.4, -0.2) is 79.5 Å². The van der Waals surface area contributed by atoms with Crippen LogP contribution >= 0.6 is 0 Å². The third-order valence-corrected chi connectivity index (χ3v) is 6.13. The lowest BCUT2D eigenvalue weighted by Crippen LogP contribution is -2.46. The first-order valence-electron chi connectivity index (χ1n) is 9.77. The average Bonchev–Trinajstić information content (AvgIpc) is 3.44. The summed E-state index contributed by atoms with van der Waals surface area (Å²) >= 11 is 0. The van der Waals surface area contributed by atoms with Crippen molar-refractivity contribution in [3.63, 3.8) is 0 Å². The summed E-state index contributed by atoms with van der Waals surface area (Å²) in [6, 6.07) is 1.73. The van der Waals surface area contributed by atoms with Crippen molar-refractivity contribution in [2.45, 2.75) is 18.6 Å². The molecule has 9 heteroatoms. The van der Waals surface area contributed by atoms with Crippen LogP contribution in [-0.2, 0) is 19.1 Å². The molecule has 0 aromatic carbocycles. The van der Waals surface area contributed by atoms with E-state index in [1.165, 1.54) is 0 Å². The van der Waals surface area contributed by atoms with Crippen molar-refractivity contribution < 1.29 is 23.6 Å². The summed E-state index contributed by atoms with van der Waals surface area (Å²) in [4.78, 5) is 29.9. The van der Waals surface area contributed by atoms with Crippen LogP contribution in [0.5, 0.6) is 0 Å². The van der Waals surface area contributed by atoms with E-state index in [0.29, 0.717) is 24.7 Å². The Kier molecular flexibility index (Phi) is 4.26. The minimum absolute atomic E-state index is 0.124. The van der Waals surface area contributed by atoms with Crippen LogP contribution in [0.15, 0.2) is 22.7 Å². The van der Waals surface area contributed by atoms with Gasteiger partial charge >= 0.3 is 0 Å². The van der Waals surface area contributed by atoms with Gasteiger partial charge in [0.15, 0.2) is 5.82 Å². The van der Waals surface area contributed by atoms with Crippen LogP contribution < -0.4 is 10.2 Å². The minimum atomic E-state index is -0.749. The number of carbonyl (C=O) groups excluding carboxylic acids is 2. The van der Waals surface area contributed by atoms with Crippen molar-refractivity contribution >= 4 is 17.6 Å². The fourth-order valence-corrected chi connectivity index (χ4v) is 4.75. The topological polar surface area (TPSA) is 97.1 Å². The summed E-state index contributed by atoms with van der Waals surface area (Å²) in [6.45, 7) is 6.68. The number of aryl methyl sites for hydroxylation is 1. The van der Waals surface area contributed by atoms with E-state index in [2.05, 4.69) is 15.4 Å². The molecule has 1 aromatic heterocycles. The molecule has 9 nitrogen and oxygen atoms in total. The van der Waals surface area contributed by atoms with Gasteiger partial charge in [-0.1, -0.05) is 17.3 Å². The maximum absolute atomic E-state index is 13.1. The first-order valence-corrected chi connectivity index (χ1v) is 9.77. The van der Waals surface area contributed by atoms with Crippen molar-refractivity contribution in [2.75, 3.05) is 50.8 Å². The molecular formula is C19H24N4O5. The molecule has 2 bridgehead atoms. The first-order chi connectivity index (χ1) is 13.6. The van der Waals surface area contributed by atoms with Gasteiger partial charge in [0, 0.05) is 32.2 Å². The van der Waals surface area contributed by atoms with Crippen LogP contribution in [0.4, 0.5) is 5.82 Å². The minimum Gasteiger partial charge on any atom is -0.379 e. The monoisotopic (exact) mass is 388 g/mol. The zero-order valence-electron chi connectivity index (χ0n) is 15.8. The number of hydrogen-bond donors (Lipinski definition) is 1. The molecule has 150 valence electrons. The van der Waals surface area contributed by atoms with Crippen molar-refractivity contribution in [3.05, 3.63) is 24.0 Å². The predicted molar refractivity (Wildman–Crippen MR) is 97.6 cm³/mol. The molecule has 4 atom stereocenters. The van der Waals surface area contributed by atoms with Gasteiger partial charge < -0.3 is 19.3 Å². The zero-order valence-corrected chi connectivity index (χ0v) is 15.8. The third kappa shape index (κ3) is 2.76. The van der Waals surface area contributed by atoms with Gasteiger partial charge in [0.25, 0.3) is 0 Å². The van der Waals surface area contributed by atoms with E-state index in [9.17, 15) is 9.59 Å². The Bertz CT molecular complexity index is 817. The van der Waals surface area contributed by atoms with Gasteiger partial charge in [0.2, 0.25) is 11.8 Å². The summed E-state index contributed by atoms with van der Waals surface area (Å²) in [6.07, 6.45) is 3.50. The molecule has 28 heavy (non-hydrogen) atoms. The largest absolute Gasteiger partial charge is 0.379 e. The molecule has 3 fully saturated rings. The molecule has 0 radical (unpaired) electrons. The average molecular weight is 388 g/mol. The summed E-state index contributed by atoms with van der Waals surface area (Å²) in [5.41, 5.74) is -0.749. The van der Waals surface area contributed by atoms with Crippen LogP contribution in [0, 0.1) is 18.8 Å². The molecule has 0 aliphatic carbocycles. The van der Waals surface area contributed by atoms with E-state index in [-0.39, 0.29) is 17.9 Å². The smallest absolute Gasteiger partial charge is 0.235 e. The molecule has 0 unspecified atom stereocenters. The number of morpholine rings is 1. The molecule has 2 amide bonds. The summed E-state index contributed by atoms with van der Waals surface area (Å²) in [5, 5.41) is 6.97. The maximum atomic E-state index is 13.1. The van der Waals surface area contributed by atoms with Gasteiger partial charge in [0.1, 0.15) is 11.4 Å². The molecule has 0 saturated carbocycles. The lowest BCUT2D eigenvalue weighted by Gasteiger charge is -2.27. The van der Waals surface area contributed by atoms with E-state index < -0.39 is 17.4 Å². The predicted octanol–water partition coefficient (Wildman–Crippen LogP) is -0.282. The first kappa shape index (κ1) is 17.8. The molecule has 4 aliphatic rings. The lowest BCUT2D eigenvalue weighted by atomic mass is 9.77. The number of carbonyl (C=O) groups is 2. The van der Waals surface area contributed by atoms with Crippen molar-refractivity contribution in [1.82, 2.24) is 15.4 Å². The number of nitrogens with zero attached hydrogens (tertiary/aromatic N) is 3. The second kappa shape index (κ2) is 6.68. The summed E-state index contributed by atoms with van der Waals surface area (Å²) in [7, 11) is 0. The lowest BCUT2D eigenvalue weighted by molar-refractivity contribution is -0.132. The number of rotatable bonds is 5. The Morgan fingerprint density at radius 2 is 2.21 bits per heavy atom. The number of ether oxygens (including phenoxy) is 2. The van der Waals surface area contributed by atoms with Gasteiger partial charge in [-0.25, -0.2) is 0 Å². The number of hydrogen-bond acceptors (Lipinski definition) is 7. The highest BCUT2D eigenvalue weighted by Crippen LogP contribution is 2.52. The van der Waals surface area contributed by atoms with Gasteiger partial charge in [-0.05, 0) is 6.92 Å². The van der Waals surface area contributed by atoms with Crippen LogP contribution in [0.2, 0.25) is 0 Å². The van der Waals surface area contributed by atoms with E-state index in [1.54, 1.807) is 17.9 Å². The second-order valence-electron chi connectivity index (χ2n) is 7.87. The third-order valence-electron chi connectivity index (χ3n) is 6.13. The fourth-order valence-electron chi connectivity index (χ4n) is 4.75. The molecule has 3 saturated heterocycles. The molecular weight excluding hydrogens is 364 g/mol. The van der Waals surface area contributed by atoms with Gasteiger partial charge in [-0.3, -0.25) is 19.4 Å². The Balaban J connectivity index is 1.27. The number of anilines is 1. The molecule has 5 heterocycles. The number of aromatic nitrogens is 1. The van der Waals surface area contributed by atoms with E-state index >= 15 is 0 Å². The van der Waals surface area contributed by atoms with Crippen LogP contribution in [0.3, 0.4) is 0 Å². The molecule has 4 aliphatic heterocycles. The molecule has 5 rings (SSSR count). The molecule has 1 spiro atoms. The van der Waals surface area contributed by atoms with Crippen molar-refractivity contribution in [1.29, 1.82) is 0 Å². The number of fused-ring (bicyclic) bond motifs is 1. The van der Waals surface area contributed by atoms with Crippen LogP contribution in [0.1, 0.15) is 5.76 Å². The van der Waals surface area contributed by atoms with Crippen molar-refractivity contribution in [2.24, 2.45) is 11.8 Å².